The van der Waals surface area contributed by atoms with Gasteiger partial charge in [-0.05, 0) is 22.4 Å². The maximum atomic E-state index is 5.38. The van der Waals surface area contributed by atoms with E-state index in [1.54, 1.807) is 0 Å². The van der Waals surface area contributed by atoms with Crippen molar-refractivity contribution in [2.24, 2.45) is 0 Å². The van der Waals surface area contributed by atoms with E-state index in [0.29, 0.717) is 0 Å². The number of rotatable bonds is 4. The summed E-state index contributed by atoms with van der Waals surface area (Å²) in [6, 6.07) is 0. The molecule has 0 saturated carbocycles. The van der Waals surface area contributed by atoms with E-state index in [9.17, 15) is 0 Å². The zero-order valence-corrected chi connectivity index (χ0v) is 8.52. The van der Waals surface area contributed by atoms with Crippen LogP contribution >= 0.6 is 15.9 Å². The van der Waals surface area contributed by atoms with Crippen molar-refractivity contribution in [2.45, 2.75) is 37.3 Å². The van der Waals surface area contributed by atoms with Gasteiger partial charge in [-0.2, -0.15) is 0 Å². The highest BCUT2D eigenvalue weighted by Crippen LogP contribution is 2.31. The van der Waals surface area contributed by atoms with Gasteiger partial charge in [0.15, 0.2) is 0 Å². The Hall–Kier alpha value is 0.400. The van der Waals surface area contributed by atoms with Crippen LogP contribution in [0.1, 0.15) is 32.6 Å². The Kier molecular flexibility index (Phi) is 3.82. The standard InChI is InChI=1S/C8H15BrO2/c1-2-3-4-5-8(9)10-6-7-11-8/h2-7H2,1H3. The highest BCUT2D eigenvalue weighted by atomic mass is 79.9. The molecule has 0 aromatic heterocycles. The molecule has 1 rings (SSSR count). The van der Waals surface area contributed by atoms with Crippen LogP contribution in [0.5, 0.6) is 0 Å². The third-order valence-electron chi connectivity index (χ3n) is 1.80. The second kappa shape index (κ2) is 4.43. The molecule has 66 valence electrons. The zero-order chi connectivity index (χ0) is 8.16. The highest BCUT2D eigenvalue weighted by molar-refractivity contribution is 9.10. The minimum Gasteiger partial charge on any atom is -0.338 e. The number of unbranched alkanes of at least 4 members (excludes halogenated alkanes) is 2. The molecule has 2 nitrogen and oxygen atoms in total. The van der Waals surface area contributed by atoms with Crippen LogP contribution in [-0.2, 0) is 9.47 Å². The Labute approximate surface area is 76.4 Å². The van der Waals surface area contributed by atoms with Gasteiger partial charge in [0.05, 0.1) is 13.2 Å². The molecule has 0 N–H and O–H groups in total. The van der Waals surface area contributed by atoms with E-state index >= 15 is 0 Å². The largest absolute Gasteiger partial charge is 0.338 e. The van der Waals surface area contributed by atoms with Crippen molar-refractivity contribution in [1.29, 1.82) is 0 Å². The van der Waals surface area contributed by atoms with E-state index in [-0.39, 0.29) is 0 Å². The van der Waals surface area contributed by atoms with E-state index < -0.39 is 4.70 Å². The Morgan fingerprint density at radius 3 is 2.45 bits per heavy atom. The zero-order valence-electron chi connectivity index (χ0n) is 6.94. The minimum atomic E-state index is -0.442. The van der Waals surface area contributed by atoms with E-state index in [4.69, 9.17) is 9.47 Å². The Bertz CT molecular complexity index is 111. The molecule has 0 spiro atoms. The van der Waals surface area contributed by atoms with E-state index in [0.717, 1.165) is 19.6 Å². The second-order valence-electron chi connectivity index (χ2n) is 2.81. The fourth-order valence-electron chi connectivity index (χ4n) is 1.16. The molecule has 0 aromatic rings. The van der Waals surface area contributed by atoms with Crippen LogP contribution in [0.15, 0.2) is 0 Å². The van der Waals surface area contributed by atoms with E-state index in [1.165, 1.54) is 19.3 Å². The molecule has 0 radical (unpaired) electrons. The van der Waals surface area contributed by atoms with Gasteiger partial charge in [0.1, 0.15) is 0 Å². The third kappa shape index (κ3) is 3.09. The first-order chi connectivity index (χ1) is 5.27. The summed E-state index contributed by atoms with van der Waals surface area (Å²) in [5.74, 6) is 0. The smallest absolute Gasteiger partial charge is 0.226 e. The maximum Gasteiger partial charge on any atom is 0.226 e. The van der Waals surface area contributed by atoms with E-state index in [1.807, 2.05) is 0 Å². The van der Waals surface area contributed by atoms with Crippen molar-refractivity contribution in [3.63, 3.8) is 0 Å². The first-order valence-electron chi connectivity index (χ1n) is 4.24. The fraction of sp³-hybridized carbons (Fsp3) is 1.00. The number of alkyl halides is 1. The molecule has 0 bridgehead atoms. The SMILES string of the molecule is CCCCCC1(Br)OCCO1. The number of hydrogen-bond donors (Lipinski definition) is 0. The molecule has 3 heteroatoms. The molecule has 11 heavy (non-hydrogen) atoms. The van der Waals surface area contributed by atoms with Gasteiger partial charge >= 0.3 is 0 Å². The summed E-state index contributed by atoms with van der Waals surface area (Å²) in [6.45, 7) is 3.63. The lowest BCUT2D eigenvalue weighted by Gasteiger charge is -2.19. The first kappa shape index (κ1) is 9.49. The second-order valence-corrected chi connectivity index (χ2v) is 4.02. The molecule has 1 heterocycles. The predicted molar refractivity (Wildman–Crippen MR) is 47.7 cm³/mol. The minimum absolute atomic E-state index is 0.442. The van der Waals surface area contributed by atoms with Gasteiger partial charge in [0, 0.05) is 6.42 Å². The Morgan fingerprint density at radius 1 is 1.27 bits per heavy atom. The van der Waals surface area contributed by atoms with Gasteiger partial charge in [0.25, 0.3) is 0 Å². The van der Waals surface area contributed by atoms with Gasteiger partial charge in [0.2, 0.25) is 4.70 Å². The van der Waals surface area contributed by atoms with Crippen LogP contribution in [-0.4, -0.2) is 17.9 Å². The molecule has 0 atom stereocenters. The van der Waals surface area contributed by atoms with E-state index in [2.05, 4.69) is 22.9 Å². The number of halogens is 1. The van der Waals surface area contributed by atoms with Crippen LogP contribution in [0.2, 0.25) is 0 Å². The fourth-order valence-corrected chi connectivity index (χ4v) is 1.76. The lowest BCUT2D eigenvalue weighted by Crippen LogP contribution is -2.20. The summed E-state index contributed by atoms with van der Waals surface area (Å²) in [4.78, 5) is 0. The lowest BCUT2D eigenvalue weighted by atomic mass is 10.2. The topological polar surface area (TPSA) is 18.5 Å². The van der Waals surface area contributed by atoms with Crippen molar-refractivity contribution in [3.05, 3.63) is 0 Å². The summed E-state index contributed by atoms with van der Waals surface area (Å²) < 4.78 is 10.3. The van der Waals surface area contributed by atoms with Gasteiger partial charge in [-0.1, -0.05) is 19.8 Å². The molecule has 1 fully saturated rings. The van der Waals surface area contributed by atoms with Crippen molar-refractivity contribution in [2.75, 3.05) is 13.2 Å². The van der Waals surface area contributed by atoms with Gasteiger partial charge < -0.3 is 9.47 Å². The number of hydrogen-bond acceptors (Lipinski definition) is 2. The number of ether oxygens (including phenoxy) is 2. The van der Waals surface area contributed by atoms with Crippen LogP contribution in [0, 0.1) is 0 Å². The van der Waals surface area contributed by atoms with Gasteiger partial charge in [-0.3, -0.25) is 0 Å². The summed E-state index contributed by atoms with van der Waals surface area (Å²) in [5, 5.41) is 0. The van der Waals surface area contributed by atoms with Crippen LogP contribution < -0.4 is 0 Å². The van der Waals surface area contributed by atoms with Crippen molar-refractivity contribution in [3.8, 4) is 0 Å². The predicted octanol–water partition coefficient (Wildman–Crippen LogP) is 2.66. The third-order valence-corrected chi connectivity index (χ3v) is 2.65. The van der Waals surface area contributed by atoms with Crippen LogP contribution in [0.3, 0.4) is 0 Å². The van der Waals surface area contributed by atoms with Crippen LogP contribution in [0.4, 0.5) is 0 Å². The Morgan fingerprint density at radius 2 is 1.91 bits per heavy atom. The molecule has 0 aromatic carbocycles. The van der Waals surface area contributed by atoms with Crippen molar-refractivity contribution in [1.82, 2.24) is 0 Å². The van der Waals surface area contributed by atoms with Crippen LogP contribution in [0.25, 0.3) is 0 Å². The Balaban J connectivity index is 2.13. The summed E-state index contributed by atoms with van der Waals surface area (Å²) in [5.41, 5.74) is 0. The van der Waals surface area contributed by atoms with Gasteiger partial charge in [-0.25, -0.2) is 0 Å². The molecule has 0 amide bonds. The molecule has 1 aliphatic rings. The summed E-state index contributed by atoms with van der Waals surface area (Å²) in [7, 11) is 0. The first-order valence-corrected chi connectivity index (χ1v) is 5.03. The molecule has 1 aliphatic heterocycles. The summed E-state index contributed by atoms with van der Waals surface area (Å²) in [6.07, 6.45) is 4.62. The molecular formula is C8H15BrO2. The van der Waals surface area contributed by atoms with Crippen molar-refractivity contribution >= 4 is 15.9 Å². The van der Waals surface area contributed by atoms with Crippen molar-refractivity contribution < 1.29 is 9.47 Å². The molecular weight excluding hydrogens is 208 g/mol. The lowest BCUT2D eigenvalue weighted by molar-refractivity contribution is -0.0754. The molecule has 1 saturated heterocycles. The maximum absolute atomic E-state index is 5.38. The monoisotopic (exact) mass is 222 g/mol. The average Bonchev–Trinajstić information content (AvgIpc) is 2.38. The summed E-state index contributed by atoms with van der Waals surface area (Å²) >= 11 is 3.43. The normalized spacial score (nSPS) is 22.4. The molecule has 0 unspecified atom stereocenters. The van der Waals surface area contributed by atoms with Gasteiger partial charge in [-0.15, -0.1) is 0 Å². The molecule has 0 aliphatic carbocycles. The quantitative estimate of drug-likeness (QED) is 0.538. The highest BCUT2D eigenvalue weighted by Gasteiger charge is 2.32. The average molecular weight is 223 g/mol.